The minimum atomic E-state index is -0.820. The quantitative estimate of drug-likeness (QED) is 0.934. The molecule has 1 aromatic rings. The fraction of sp³-hybridized carbons (Fsp3) is 0.556. The molecule has 1 aliphatic carbocycles. The van der Waals surface area contributed by atoms with Crippen molar-refractivity contribution >= 4 is 11.9 Å². The van der Waals surface area contributed by atoms with E-state index in [4.69, 9.17) is 5.11 Å². The molecule has 4 heteroatoms. The second-order valence-corrected chi connectivity index (χ2v) is 6.58. The molecule has 0 radical (unpaired) electrons. The van der Waals surface area contributed by atoms with Gasteiger partial charge in [-0.05, 0) is 49.7 Å². The summed E-state index contributed by atoms with van der Waals surface area (Å²) < 4.78 is 0. The van der Waals surface area contributed by atoms with Gasteiger partial charge in [-0.3, -0.25) is 9.59 Å². The van der Waals surface area contributed by atoms with Crippen molar-refractivity contribution in [3.8, 4) is 0 Å². The summed E-state index contributed by atoms with van der Waals surface area (Å²) in [5, 5.41) is 9.10. The zero-order chi connectivity index (χ0) is 15.7. The molecule has 0 bridgehead atoms. The van der Waals surface area contributed by atoms with Gasteiger partial charge >= 0.3 is 5.97 Å². The van der Waals surface area contributed by atoms with Crippen LogP contribution in [0.1, 0.15) is 42.7 Å². The third kappa shape index (κ3) is 2.74. The van der Waals surface area contributed by atoms with Crippen LogP contribution in [0.15, 0.2) is 24.3 Å². The summed E-state index contributed by atoms with van der Waals surface area (Å²) in [5.41, 5.74) is 2.71. The standard InChI is InChI=1S/C18H23NO3/c1-12-4-2-3-5-14(12)13-8-10-19(11-9-13)17(20)15-6-7-16(15)18(21)22/h2-5,13,15-16H,6-11H2,1H3,(H,21,22). The van der Waals surface area contributed by atoms with Gasteiger partial charge in [-0.2, -0.15) is 0 Å². The molecule has 1 aromatic carbocycles. The van der Waals surface area contributed by atoms with Crippen molar-refractivity contribution in [3.63, 3.8) is 0 Å². The van der Waals surface area contributed by atoms with E-state index in [1.165, 1.54) is 11.1 Å². The first-order valence-corrected chi connectivity index (χ1v) is 8.15. The summed E-state index contributed by atoms with van der Waals surface area (Å²) in [4.78, 5) is 25.4. The lowest BCUT2D eigenvalue weighted by Gasteiger charge is -2.39. The largest absolute Gasteiger partial charge is 0.481 e. The van der Waals surface area contributed by atoms with Crippen molar-refractivity contribution in [2.75, 3.05) is 13.1 Å². The molecule has 1 aliphatic heterocycles. The van der Waals surface area contributed by atoms with Crippen molar-refractivity contribution in [2.24, 2.45) is 11.8 Å². The number of nitrogens with zero attached hydrogens (tertiary/aromatic N) is 1. The topological polar surface area (TPSA) is 57.6 Å². The molecule has 0 spiro atoms. The predicted octanol–water partition coefficient (Wildman–Crippen LogP) is 2.81. The van der Waals surface area contributed by atoms with E-state index in [1.54, 1.807) is 0 Å². The minimum Gasteiger partial charge on any atom is -0.481 e. The molecule has 1 amide bonds. The molecule has 0 aromatic heterocycles. The molecule has 2 fully saturated rings. The predicted molar refractivity (Wildman–Crippen MR) is 83.6 cm³/mol. The van der Waals surface area contributed by atoms with Gasteiger partial charge in [-0.25, -0.2) is 0 Å². The van der Waals surface area contributed by atoms with Gasteiger partial charge in [0.15, 0.2) is 0 Å². The smallest absolute Gasteiger partial charge is 0.307 e. The molecule has 2 atom stereocenters. The van der Waals surface area contributed by atoms with Crippen molar-refractivity contribution in [3.05, 3.63) is 35.4 Å². The lowest BCUT2D eigenvalue weighted by Crippen LogP contribution is -2.48. The van der Waals surface area contributed by atoms with E-state index in [2.05, 4.69) is 31.2 Å². The Balaban J connectivity index is 1.59. The molecule has 1 heterocycles. The summed E-state index contributed by atoms with van der Waals surface area (Å²) >= 11 is 0. The summed E-state index contributed by atoms with van der Waals surface area (Å²) in [7, 11) is 0. The van der Waals surface area contributed by atoms with E-state index >= 15 is 0 Å². The number of likely N-dealkylation sites (tertiary alicyclic amines) is 1. The molecule has 118 valence electrons. The Hall–Kier alpha value is -1.84. The summed E-state index contributed by atoms with van der Waals surface area (Å²) in [6, 6.07) is 8.45. The second kappa shape index (κ2) is 6.11. The molecule has 4 nitrogen and oxygen atoms in total. The van der Waals surface area contributed by atoms with Crippen LogP contribution in [0, 0.1) is 18.8 Å². The molecular formula is C18H23NO3. The van der Waals surface area contributed by atoms with Crippen LogP contribution in [0.2, 0.25) is 0 Å². The average molecular weight is 301 g/mol. The maximum absolute atomic E-state index is 12.5. The molecular weight excluding hydrogens is 278 g/mol. The average Bonchev–Trinajstić information content (AvgIpc) is 2.46. The first-order chi connectivity index (χ1) is 10.6. The third-order valence-corrected chi connectivity index (χ3v) is 5.34. The van der Waals surface area contributed by atoms with Crippen LogP contribution in [-0.2, 0) is 9.59 Å². The van der Waals surface area contributed by atoms with Crippen molar-refractivity contribution in [1.29, 1.82) is 0 Å². The molecule has 1 saturated carbocycles. The highest BCUT2D eigenvalue weighted by atomic mass is 16.4. The highest BCUT2D eigenvalue weighted by molar-refractivity contribution is 5.86. The number of rotatable bonds is 3. The van der Waals surface area contributed by atoms with Crippen molar-refractivity contribution in [1.82, 2.24) is 4.90 Å². The summed E-state index contributed by atoms with van der Waals surface area (Å²) in [6.45, 7) is 3.64. The van der Waals surface area contributed by atoms with Gasteiger partial charge in [-0.15, -0.1) is 0 Å². The van der Waals surface area contributed by atoms with E-state index in [1.807, 2.05) is 4.90 Å². The maximum Gasteiger partial charge on any atom is 0.307 e. The van der Waals surface area contributed by atoms with Crippen molar-refractivity contribution in [2.45, 2.75) is 38.5 Å². The lowest BCUT2D eigenvalue weighted by molar-refractivity contribution is -0.157. The number of benzene rings is 1. The normalized spacial score (nSPS) is 25.6. The van der Waals surface area contributed by atoms with E-state index in [9.17, 15) is 9.59 Å². The first-order valence-electron chi connectivity index (χ1n) is 8.15. The number of aliphatic carboxylic acids is 1. The second-order valence-electron chi connectivity index (χ2n) is 6.58. The van der Waals surface area contributed by atoms with Gasteiger partial charge in [0.1, 0.15) is 0 Å². The van der Waals surface area contributed by atoms with Gasteiger partial charge in [0.25, 0.3) is 0 Å². The van der Waals surface area contributed by atoms with Crippen LogP contribution in [-0.4, -0.2) is 35.0 Å². The molecule has 1 N–H and O–H groups in total. The van der Waals surface area contributed by atoms with Crippen LogP contribution < -0.4 is 0 Å². The Morgan fingerprint density at radius 1 is 1.05 bits per heavy atom. The van der Waals surface area contributed by atoms with E-state index < -0.39 is 11.9 Å². The number of carbonyl (C=O) groups is 2. The van der Waals surface area contributed by atoms with Gasteiger partial charge in [0.05, 0.1) is 11.8 Å². The third-order valence-electron chi connectivity index (χ3n) is 5.34. The fourth-order valence-corrected chi connectivity index (χ4v) is 3.78. The Labute approximate surface area is 131 Å². The number of aryl methyl sites for hydroxylation is 1. The van der Waals surface area contributed by atoms with E-state index in [0.717, 1.165) is 32.4 Å². The number of hydrogen-bond acceptors (Lipinski definition) is 2. The van der Waals surface area contributed by atoms with Crippen molar-refractivity contribution < 1.29 is 14.7 Å². The van der Waals surface area contributed by atoms with Crippen LogP contribution in [0.25, 0.3) is 0 Å². The molecule has 1 saturated heterocycles. The molecule has 2 unspecified atom stereocenters. The zero-order valence-corrected chi connectivity index (χ0v) is 13.0. The van der Waals surface area contributed by atoms with Gasteiger partial charge in [-0.1, -0.05) is 24.3 Å². The highest BCUT2D eigenvalue weighted by Crippen LogP contribution is 2.37. The molecule has 2 aliphatic rings. The number of carboxylic acid groups (broad SMARTS) is 1. The Morgan fingerprint density at radius 3 is 2.23 bits per heavy atom. The van der Waals surface area contributed by atoms with Crippen LogP contribution >= 0.6 is 0 Å². The first kappa shape index (κ1) is 15.1. The van der Waals surface area contributed by atoms with Gasteiger partial charge in [0, 0.05) is 13.1 Å². The monoisotopic (exact) mass is 301 g/mol. The Morgan fingerprint density at radius 2 is 1.68 bits per heavy atom. The number of hydrogen-bond donors (Lipinski definition) is 1. The SMILES string of the molecule is Cc1ccccc1C1CCN(C(=O)C2CCC2C(=O)O)CC1. The Bertz CT molecular complexity index is 575. The summed E-state index contributed by atoms with van der Waals surface area (Å²) in [6.07, 6.45) is 3.32. The van der Waals surface area contributed by atoms with E-state index in [0.29, 0.717) is 12.3 Å². The zero-order valence-electron chi connectivity index (χ0n) is 13.0. The summed E-state index contributed by atoms with van der Waals surface area (Å²) in [5.74, 6) is -0.989. The van der Waals surface area contributed by atoms with Gasteiger partial charge < -0.3 is 10.0 Å². The number of amides is 1. The lowest BCUT2D eigenvalue weighted by atomic mass is 9.72. The molecule has 3 rings (SSSR count). The van der Waals surface area contributed by atoms with Crippen LogP contribution in [0.3, 0.4) is 0 Å². The van der Waals surface area contributed by atoms with Gasteiger partial charge in [0.2, 0.25) is 5.91 Å². The minimum absolute atomic E-state index is 0.0573. The van der Waals surface area contributed by atoms with E-state index in [-0.39, 0.29) is 11.8 Å². The van der Waals surface area contributed by atoms with Crippen LogP contribution in [0.5, 0.6) is 0 Å². The maximum atomic E-state index is 12.5. The Kier molecular flexibility index (Phi) is 4.19. The number of carboxylic acids is 1. The number of piperidine rings is 1. The molecule has 22 heavy (non-hydrogen) atoms. The number of carbonyl (C=O) groups excluding carboxylic acids is 1. The highest BCUT2D eigenvalue weighted by Gasteiger charge is 2.43. The fourth-order valence-electron chi connectivity index (χ4n) is 3.78. The van der Waals surface area contributed by atoms with Crippen LogP contribution in [0.4, 0.5) is 0 Å².